The van der Waals surface area contributed by atoms with Crippen molar-refractivity contribution in [3.8, 4) is 11.5 Å². The lowest BCUT2D eigenvalue weighted by Gasteiger charge is -2.23. The van der Waals surface area contributed by atoms with E-state index in [4.69, 9.17) is 9.57 Å². The SMILES string of the molecule is CCCCCCCCCCCCNC(=O)c1ccc(CN(OC(C)=O)c2ccc(Oc3ccccc3)cc2)cc1. The number of nitrogens with one attached hydrogen (secondary N) is 1. The van der Waals surface area contributed by atoms with Crippen LogP contribution in [0.3, 0.4) is 0 Å². The van der Waals surface area contributed by atoms with Crippen molar-refractivity contribution in [1.82, 2.24) is 5.32 Å². The minimum Gasteiger partial charge on any atom is -0.457 e. The van der Waals surface area contributed by atoms with Gasteiger partial charge in [0.05, 0.1) is 12.2 Å². The zero-order chi connectivity index (χ0) is 28.4. The fourth-order valence-corrected chi connectivity index (χ4v) is 4.48. The van der Waals surface area contributed by atoms with Gasteiger partial charge in [0, 0.05) is 19.0 Å². The highest BCUT2D eigenvalue weighted by Gasteiger charge is 2.13. The Morgan fingerprint density at radius 1 is 0.700 bits per heavy atom. The third kappa shape index (κ3) is 11.5. The summed E-state index contributed by atoms with van der Waals surface area (Å²) in [4.78, 5) is 29.8. The number of hydrogen-bond acceptors (Lipinski definition) is 5. The third-order valence-electron chi connectivity index (χ3n) is 6.70. The molecular formula is C34H44N2O4. The van der Waals surface area contributed by atoms with E-state index >= 15 is 0 Å². The molecule has 40 heavy (non-hydrogen) atoms. The van der Waals surface area contributed by atoms with Gasteiger partial charge >= 0.3 is 5.97 Å². The second-order valence-corrected chi connectivity index (χ2v) is 10.2. The van der Waals surface area contributed by atoms with Gasteiger partial charge in [0.1, 0.15) is 11.5 Å². The highest BCUT2D eigenvalue weighted by Crippen LogP contribution is 2.25. The highest BCUT2D eigenvalue weighted by atomic mass is 16.7. The average Bonchev–Trinajstić information content (AvgIpc) is 2.96. The summed E-state index contributed by atoms with van der Waals surface area (Å²) in [7, 11) is 0. The molecule has 0 saturated heterocycles. The number of nitrogens with zero attached hydrogens (tertiary/aromatic N) is 1. The molecule has 0 aromatic heterocycles. The molecule has 0 spiro atoms. The van der Waals surface area contributed by atoms with Gasteiger partial charge in [-0.25, -0.2) is 5.06 Å². The van der Waals surface area contributed by atoms with Gasteiger partial charge in [-0.15, -0.1) is 0 Å². The molecule has 214 valence electrons. The molecular weight excluding hydrogens is 500 g/mol. The van der Waals surface area contributed by atoms with Crippen LogP contribution in [0.25, 0.3) is 0 Å². The van der Waals surface area contributed by atoms with Crippen LogP contribution in [0.4, 0.5) is 5.69 Å². The summed E-state index contributed by atoms with van der Waals surface area (Å²) >= 11 is 0. The molecule has 0 bridgehead atoms. The molecule has 0 radical (unpaired) electrons. The number of amides is 1. The van der Waals surface area contributed by atoms with Crippen molar-refractivity contribution in [2.24, 2.45) is 0 Å². The topological polar surface area (TPSA) is 67.9 Å². The summed E-state index contributed by atoms with van der Waals surface area (Å²) in [5, 5.41) is 4.57. The molecule has 0 unspecified atom stereocenters. The third-order valence-corrected chi connectivity index (χ3v) is 6.70. The Morgan fingerprint density at radius 2 is 1.27 bits per heavy atom. The van der Waals surface area contributed by atoms with E-state index in [1.54, 1.807) is 0 Å². The minimum atomic E-state index is -0.410. The molecule has 3 aromatic carbocycles. The first-order valence-corrected chi connectivity index (χ1v) is 14.7. The number of ether oxygens (including phenoxy) is 1. The normalized spacial score (nSPS) is 10.7. The number of hydrogen-bond donors (Lipinski definition) is 1. The van der Waals surface area contributed by atoms with E-state index in [0.29, 0.717) is 30.1 Å². The zero-order valence-electron chi connectivity index (χ0n) is 24.1. The Kier molecular flexibility index (Phi) is 13.6. The maximum atomic E-state index is 12.6. The largest absolute Gasteiger partial charge is 0.457 e. The summed E-state index contributed by atoms with van der Waals surface area (Å²) < 4.78 is 5.86. The van der Waals surface area contributed by atoms with Crippen molar-refractivity contribution >= 4 is 17.6 Å². The second kappa shape index (κ2) is 17.7. The molecule has 1 N–H and O–H groups in total. The molecule has 3 rings (SSSR count). The predicted octanol–water partition coefficient (Wildman–Crippen LogP) is 8.61. The molecule has 0 aliphatic rings. The van der Waals surface area contributed by atoms with Crippen LogP contribution in [-0.2, 0) is 16.2 Å². The molecule has 6 nitrogen and oxygen atoms in total. The van der Waals surface area contributed by atoms with Crippen LogP contribution in [0.2, 0.25) is 0 Å². The fourth-order valence-electron chi connectivity index (χ4n) is 4.48. The second-order valence-electron chi connectivity index (χ2n) is 10.2. The van der Waals surface area contributed by atoms with Crippen molar-refractivity contribution in [3.05, 3.63) is 90.0 Å². The van der Waals surface area contributed by atoms with Crippen LogP contribution in [0, 0.1) is 0 Å². The zero-order valence-corrected chi connectivity index (χ0v) is 24.1. The Balaban J connectivity index is 1.42. The van der Waals surface area contributed by atoms with E-state index < -0.39 is 5.97 Å². The summed E-state index contributed by atoms with van der Waals surface area (Å²) in [5.41, 5.74) is 2.25. The van der Waals surface area contributed by atoms with Gasteiger partial charge in [-0.1, -0.05) is 95.0 Å². The molecule has 1 amide bonds. The lowest BCUT2D eigenvalue weighted by Crippen LogP contribution is -2.26. The van der Waals surface area contributed by atoms with Crippen LogP contribution in [0.5, 0.6) is 11.5 Å². The molecule has 0 aliphatic heterocycles. The maximum Gasteiger partial charge on any atom is 0.329 e. The Labute approximate surface area is 239 Å². The van der Waals surface area contributed by atoms with Crippen LogP contribution in [0.1, 0.15) is 94.0 Å². The van der Waals surface area contributed by atoms with Crippen molar-refractivity contribution in [1.29, 1.82) is 0 Å². The van der Waals surface area contributed by atoms with Gasteiger partial charge in [-0.05, 0) is 60.5 Å². The number of para-hydroxylation sites is 1. The molecule has 0 atom stereocenters. The minimum absolute atomic E-state index is 0.0617. The van der Waals surface area contributed by atoms with E-state index in [1.165, 1.54) is 63.4 Å². The van der Waals surface area contributed by atoms with Crippen LogP contribution in [0.15, 0.2) is 78.9 Å². The molecule has 3 aromatic rings. The van der Waals surface area contributed by atoms with E-state index in [1.807, 2.05) is 78.9 Å². The Bertz CT molecular complexity index is 1130. The van der Waals surface area contributed by atoms with Crippen molar-refractivity contribution < 1.29 is 19.2 Å². The van der Waals surface area contributed by atoms with E-state index in [0.717, 1.165) is 24.2 Å². The van der Waals surface area contributed by atoms with Crippen LogP contribution >= 0.6 is 0 Å². The monoisotopic (exact) mass is 544 g/mol. The number of carbonyl (C=O) groups excluding carboxylic acids is 2. The number of unbranched alkanes of at least 4 members (excludes halogenated alkanes) is 9. The van der Waals surface area contributed by atoms with E-state index in [9.17, 15) is 9.59 Å². The maximum absolute atomic E-state index is 12.6. The fraction of sp³-hybridized carbons (Fsp3) is 0.412. The molecule has 0 heterocycles. The number of hydroxylamine groups is 1. The Morgan fingerprint density at radius 3 is 1.88 bits per heavy atom. The predicted molar refractivity (Wildman–Crippen MR) is 162 cm³/mol. The lowest BCUT2D eigenvalue weighted by atomic mass is 10.1. The van der Waals surface area contributed by atoms with E-state index in [-0.39, 0.29) is 5.91 Å². The smallest absolute Gasteiger partial charge is 0.329 e. The van der Waals surface area contributed by atoms with Gasteiger partial charge in [0.25, 0.3) is 5.91 Å². The van der Waals surface area contributed by atoms with E-state index in [2.05, 4.69) is 12.2 Å². The lowest BCUT2D eigenvalue weighted by molar-refractivity contribution is -0.142. The van der Waals surface area contributed by atoms with Gasteiger partial charge < -0.3 is 14.9 Å². The molecule has 0 saturated carbocycles. The summed E-state index contributed by atoms with van der Waals surface area (Å²) in [6, 6.07) is 24.3. The van der Waals surface area contributed by atoms with Crippen molar-refractivity contribution in [2.75, 3.05) is 11.6 Å². The molecule has 6 heteroatoms. The molecule has 0 fully saturated rings. The summed E-state index contributed by atoms with van der Waals surface area (Å²) in [5.74, 6) is 0.964. The van der Waals surface area contributed by atoms with Gasteiger partial charge in [0.2, 0.25) is 0 Å². The average molecular weight is 545 g/mol. The Hall–Kier alpha value is -3.80. The van der Waals surface area contributed by atoms with Crippen LogP contribution in [-0.4, -0.2) is 18.4 Å². The highest BCUT2D eigenvalue weighted by molar-refractivity contribution is 5.94. The van der Waals surface area contributed by atoms with Crippen molar-refractivity contribution in [2.45, 2.75) is 84.6 Å². The first-order chi connectivity index (χ1) is 19.5. The quantitative estimate of drug-likeness (QED) is 0.128. The van der Waals surface area contributed by atoms with Crippen molar-refractivity contribution in [3.63, 3.8) is 0 Å². The summed E-state index contributed by atoms with van der Waals surface area (Å²) in [6.07, 6.45) is 12.7. The van der Waals surface area contributed by atoms with Gasteiger partial charge in [-0.3, -0.25) is 9.59 Å². The number of benzene rings is 3. The number of carbonyl (C=O) groups is 2. The van der Waals surface area contributed by atoms with Crippen LogP contribution < -0.4 is 15.1 Å². The number of rotatable bonds is 18. The van der Waals surface area contributed by atoms with Gasteiger partial charge in [0.15, 0.2) is 0 Å². The summed E-state index contributed by atoms with van der Waals surface area (Å²) in [6.45, 7) is 4.67. The standard InChI is InChI=1S/C34H44N2O4/c1-3-4-5-6-7-8-9-10-11-15-26-35-34(38)30-20-18-29(19-21-30)27-36(40-28(2)37)31-22-24-33(25-23-31)39-32-16-13-12-14-17-32/h12-14,16-25H,3-11,15,26-27H2,1-2H3,(H,35,38). The number of anilines is 1. The molecule has 0 aliphatic carbocycles. The first kappa shape index (κ1) is 30.7. The first-order valence-electron chi connectivity index (χ1n) is 14.7. The van der Waals surface area contributed by atoms with Gasteiger partial charge in [-0.2, -0.15) is 0 Å².